The highest BCUT2D eigenvalue weighted by Gasteiger charge is 2.37. The maximum Gasteiger partial charge on any atom is 0.240 e. The summed E-state index contributed by atoms with van der Waals surface area (Å²) in [7, 11) is 0. The number of morpholine rings is 1. The van der Waals surface area contributed by atoms with Crippen molar-refractivity contribution in [2.75, 3.05) is 39.4 Å². The minimum absolute atomic E-state index is 0.0830. The maximum absolute atomic E-state index is 12.4. The molecular formula is C14H25N3O2. The standard InChI is InChI=1S/C14H25N3O2/c1-11(10-16-6-8-19-9-7-16)17-5-4-13(14(17)18)15-12-2-3-12/h11-13,15H,2-10H2,1H3. The molecule has 0 aromatic carbocycles. The molecule has 1 saturated carbocycles. The number of ether oxygens (including phenoxy) is 1. The minimum Gasteiger partial charge on any atom is -0.379 e. The van der Waals surface area contributed by atoms with Gasteiger partial charge in [0.1, 0.15) is 0 Å². The van der Waals surface area contributed by atoms with Gasteiger partial charge in [0.25, 0.3) is 0 Å². The van der Waals surface area contributed by atoms with Gasteiger partial charge in [-0.1, -0.05) is 0 Å². The van der Waals surface area contributed by atoms with Gasteiger partial charge in [-0.05, 0) is 26.2 Å². The molecule has 2 atom stereocenters. The molecule has 3 fully saturated rings. The number of carbonyl (C=O) groups is 1. The average molecular weight is 267 g/mol. The van der Waals surface area contributed by atoms with E-state index in [-0.39, 0.29) is 6.04 Å². The molecule has 108 valence electrons. The van der Waals surface area contributed by atoms with Gasteiger partial charge < -0.3 is 15.0 Å². The van der Waals surface area contributed by atoms with E-state index in [4.69, 9.17) is 4.74 Å². The van der Waals surface area contributed by atoms with Gasteiger partial charge in [0.15, 0.2) is 0 Å². The van der Waals surface area contributed by atoms with Crippen molar-refractivity contribution in [2.24, 2.45) is 0 Å². The van der Waals surface area contributed by atoms with Gasteiger partial charge in [-0.3, -0.25) is 9.69 Å². The molecule has 1 N–H and O–H groups in total. The topological polar surface area (TPSA) is 44.8 Å². The summed E-state index contributed by atoms with van der Waals surface area (Å²) in [6, 6.07) is 1.01. The summed E-state index contributed by atoms with van der Waals surface area (Å²) in [5.74, 6) is 0.313. The third-order valence-corrected chi connectivity index (χ3v) is 4.41. The van der Waals surface area contributed by atoms with Crippen molar-refractivity contribution < 1.29 is 9.53 Å². The van der Waals surface area contributed by atoms with Crippen molar-refractivity contribution in [1.29, 1.82) is 0 Å². The van der Waals surface area contributed by atoms with E-state index in [1.54, 1.807) is 0 Å². The second-order valence-corrected chi connectivity index (χ2v) is 6.08. The van der Waals surface area contributed by atoms with E-state index in [0.29, 0.717) is 18.0 Å². The zero-order valence-corrected chi connectivity index (χ0v) is 11.8. The van der Waals surface area contributed by atoms with Gasteiger partial charge in [0.2, 0.25) is 5.91 Å². The first kappa shape index (κ1) is 13.3. The van der Waals surface area contributed by atoms with Crippen LogP contribution in [0.3, 0.4) is 0 Å². The summed E-state index contributed by atoms with van der Waals surface area (Å²) in [6.07, 6.45) is 3.46. The largest absolute Gasteiger partial charge is 0.379 e. The number of nitrogens with zero attached hydrogens (tertiary/aromatic N) is 2. The fraction of sp³-hybridized carbons (Fsp3) is 0.929. The summed E-state index contributed by atoms with van der Waals surface area (Å²) < 4.78 is 5.36. The third kappa shape index (κ3) is 3.27. The van der Waals surface area contributed by atoms with Gasteiger partial charge in [0.05, 0.1) is 19.3 Å². The molecular weight excluding hydrogens is 242 g/mol. The first-order valence-corrected chi connectivity index (χ1v) is 7.60. The Hall–Kier alpha value is -0.650. The minimum atomic E-state index is 0.0830. The van der Waals surface area contributed by atoms with Gasteiger partial charge in [-0.25, -0.2) is 0 Å². The lowest BCUT2D eigenvalue weighted by atomic mass is 10.2. The Morgan fingerprint density at radius 2 is 2.00 bits per heavy atom. The van der Waals surface area contributed by atoms with Crippen LogP contribution in [0, 0.1) is 0 Å². The highest BCUT2D eigenvalue weighted by molar-refractivity contribution is 5.84. The average Bonchev–Trinajstić information content (AvgIpc) is 3.15. The van der Waals surface area contributed by atoms with Crippen LogP contribution < -0.4 is 5.32 Å². The second kappa shape index (κ2) is 5.77. The molecule has 5 heteroatoms. The van der Waals surface area contributed by atoms with Crippen LogP contribution in [0.25, 0.3) is 0 Å². The lowest BCUT2D eigenvalue weighted by molar-refractivity contribution is -0.131. The van der Waals surface area contributed by atoms with Gasteiger partial charge in [-0.2, -0.15) is 0 Å². The van der Waals surface area contributed by atoms with E-state index in [1.807, 2.05) is 0 Å². The van der Waals surface area contributed by atoms with E-state index in [2.05, 4.69) is 22.0 Å². The van der Waals surface area contributed by atoms with Crippen LogP contribution in [0.2, 0.25) is 0 Å². The number of hydrogen-bond donors (Lipinski definition) is 1. The molecule has 5 nitrogen and oxygen atoms in total. The van der Waals surface area contributed by atoms with E-state index in [9.17, 15) is 4.79 Å². The van der Waals surface area contributed by atoms with Crippen LogP contribution in [0.5, 0.6) is 0 Å². The quantitative estimate of drug-likeness (QED) is 0.765. The van der Waals surface area contributed by atoms with E-state index in [0.717, 1.165) is 45.8 Å². The molecule has 0 aromatic rings. The first-order valence-electron chi connectivity index (χ1n) is 7.60. The molecule has 2 heterocycles. The summed E-state index contributed by atoms with van der Waals surface area (Å²) in [4.78, 5) is 16.8. The Morgan fingerprint density at radius 1 is 1.26 bits per heavy atom. The van der Waals surface area contributed by atoms with Crippen molar-refractivity contribution >= 4 is 5.91 Å². The number of likely N-dealkylation sites (tertiary alicyclic amines) is 1. The van der Waals surface area contributed by atoms with E-state index >= 15 is 0 Å². The second-order valence-electron chi connectivity index (χ2n) is 6.08. The molecule has 2 saturated heterocycles. The zero-order chi connectivity index (χ0) is 13.2. The number of rotatable bonds is 5. The maximum atomic E-state index is 12.4. The number of carbonyl (C=O) groups excluding carboxylic acids is 1. The Bertz CT molecular complexity index is 327. The summed E-state index contributed by atoms with van der Waals surface area (Å²) in [5.41, 5.74) is 0. The van der Waals surface area contributed by atoms with E-state index < -0.39 is 0 Å². The predicted molar refractivity (Wildman–Crippen MR) is 73.0 cm³/mol. The number of hydrogen-bond acceptors (Lipinski definition) is 4. The molecule has 2 aliphatic heterocycles. The zero-order valence-electron chi connectivity index (χ0n) is 11.8. The highest BCUT2D eigenvalue weighted by Crippen LogP contribution is 2.23. The first-order chi connectivity index (χ1) is 9.24. The molecule has 0 radical (unpaired) electrons. The number of amides is 1. The lowest BCUT2D eigenvalue weighted by Gasteiger charge is -2.33. The molecule has 19 heavy (non-hydrogen) atoms. The van der Waals surface area contributed by atoms with Gasteiger partial charge in [0, 0.05) is 38.3 Å². The fourth-order valence-electron chi connectivity index (χ4n) is 3.08. The summed E-state index contributed by atoms with van der Waals surface area (Å²) in [6.45, 7) is 7.71. The third-order valence-electron chi connectivity index (χ3n) is 4.41. The lowest BCUT2D eigenvalue weighted by Crippen LogP contribution is -2.48. The predicted octanol–water partition coefficient (Wildman–Crippen LogP) is 0.0600. The van der Waals surface area contributed by atoms with Crippen molar-refractivity contribution in [1.82, 2.24) is 15.1 Å². The summed E-state index contributed by atoms with van der Waals surface area (Å²) in [5, 5.41) is 3.47. The Balaban J connectivity index is 1.48. The van der Waals surface area contributed by atoms with Crippen LogP contribution in [0.1, 0.15) is 26.2 Å². The smallest absolute Gasteiger partial charge is 0.240 e. The van der Waals surface area contributed by atoms with Crippen LogP contribution in [-0.4, -0.2) is 73.2 Å². The fourth-order valence-corrected chi connectivity index (χ4v) is 3.08. The van der Waals surface area contributed by atoms with Gasteiger partial charge >= 0.3 is 0 Å². The molecule has 3 rings (SSSR count). The molecule has 0 spiro atoms. The molecule has 0 bridgehead atoms. The van der Waals surface area contributed by atoms with E-state index in [1.165, 1.54) is 12.8 Å². The number of nitrogens with one attached hydrogen (secondary N) is 1. The van der Waals surface area contributed by atoms with Crippen molar-refractivity contribution in [3.63, 3.8) is 0 Å². The molecule has 3 aliphatic rings. The molecule has 1 aliphatic carbocycles. The Labute approximate surface area is 115 Å². The Morgan fingerprint density at radius 3 is 2.68 bits per heavy atom. The van der Waals surface area contributed by atoms with Gasteiger partial charge in [-0.15, -0.1) is 0 Å². The molecule has 2 unspecified atom stereocenters. The van der Waals surface area contributed by atoms with Crippen LogP contribution >= 0.6 is 0 Å². The van der Waals surface area contributed by atoms with Crippen molar-refractivity contribution in [3.05, 3.63) is 0 Å². The monoisotopic (exact) mass is 267 g/mol. The normalized spacial score (nSPS) is 30.9. The molecule has 0 aromatic heterocycles. The molecule has 1 amide bonds. The summed E-state index contributed by atoms with van der Waals surface area (Å²) >= 11 is 0. The highest BCUT2D eigenvalue weighted by atomic mass is 16.5. The van der Waals surface area contributed by atoms with Crippen LogP contribution in [0.15, 0.2) is 0 Å². The van der Waals surface area contributed by atoms with Crippen LogP contribution in [-0.2, 0) is 9.53 Å². The Kier molecular flexibility index (Phi) is 4.05. The van der Waals surface area contributed by atoms with Crippen molar-refractivity contribution in [3.8, 4) is 0 Å². The SMILES string of the molecule is CC(CN1CCOCC1)N1CCC(NC2CC2)C1=O. The van der Waals surface area contributed by atoms with Crippen LogP contribution in [0.4, 0.5) is 0 Å². The van der Waals surface area contributed by atoms with Crippen molar-refractivity contribution in [2.45, 2.75) is 44.3 Å².